The topological polar surface area (TPSA) is 79.7 Å². The van der Waals surface area contributed by atoms with Crippen molar-refractivity contribution in [1.82, 2.24) is 4.98 Å². The third kappa shape index (κ3) is 7.91. The molecular formula is C30H46ClNO4SSi. The molecule has 5 nitrogen and oxygen atoms in total. The monoisotopic (exact) mass is 579 g/mol. The molecule has 212 valence electrons. The number of aromatic nitrogens is 1. The van der Waals surface area contributed by atoms with E-state index < -0.39 is 20.4 Å². The highest BCUT2D eigenvalue weighted by Crippen LogP contribution is 2.49. The fourth-order valence-corrected chi connectivity index (χ4v) is 7.86. The zero-order valence-electron chi connectivity index (χ0n) is 23.9. The van der Waals surface area contributed by atoms with Gasteiger partial charge in [0.2, 0.25) is 0 Å². The Morgan fingerprint density at radius 2 is 1.89 bits per heavy atom. The molecule has 3 rings (SSSR count). The van der Waals surface area contributed by atoms with Crippen molar-refractivity contribution in [1.29, 1.82) is 0 Å². The summed E-state index contributed by atoms with van der Waals surface area (Å²) in [5.41, 5.74) is 2.20. The van der Waals surface area contributed by atoms with Crippen LogP contribution in [0.25, 0.3) is 0 Å². The minimum Gasteiger partial charge on any atom is -0.477 e. The number of thiazole rings is 1. The van der Waals surface area contributed by atoms with Crippen LogP contribution < -0.4 is 0 Å². The molecule has 1 aliphatic carbocycles. The lowest BCUT2D eigenvalue weighted by Crippen LogP contribution is -2.44. The minimum absolute atomic E-state index is 0.0138. The molecule has 8 heteroatoms. The molecule has 0 radical (unpaired) electrons. The first kappa shape index (κ1) is 31.3. The number of hydrogen-bond donors (Lipinski definition) is 2. The molecule has 0 aliphatic heterocycles. The Kier molecular flexibility index (Phi) is 11.0. The average Bonchev–Trinajstić information content (AvgIpc) is 3.43. The normalized spacial score (nSPS) is 23.1. The molecule has 1 heterocycles. The third-order valence-electron chi connectivity index (χ3n) is 8.52. The molecule has 5 atom stereocenters. The van der Waals surface area contributed by atoms with E-state index in [0.29, 0.717) is 0 Å². The molecule has 1 saturated carbocycles. The number of aliphatic hydroxyl groups excluding tert-OH is 1. The Balaban J connectivity index is 1.79. The van der Waals surface area contributed by atoms with Crippen molar-refractivity contribution in [2.75, 3.05) is 0 Å². The summed E-state index contributed by atoms with van der Waals surface area (Å²) in [5.74, 6) is -0.482. The van der Waals surface area contributed by atoms with Crippen molar-refractivity contribution >= 4 is 37.2 Å². The second kappa shape index (κ2) is 13.4. The summed E-state index contributed by atoms with van der Waals surface area (Å²) in [6.45, 7) is 13.6. The number of unbranched alkanes of at least 4 members (excludes halogenated alkanes) is 2. The van der Waals surface area contributed by atoms with Gasteiger partial charge in [0.25, 0.3) is 0 Å². The average molecular weight is 580 g/mol. The van der Waals surface area contributed by atoms with Gasteiger partial charge in [-0.15, -0.1) is 22.9 Å². The predicted molar refractivity (Wildman–Crippen MR) is 160 cm³/mol. The van der Waals surface area contributed by atoms with E-state index in [1.54, 1.807) is 0 Å². The van der Waals surface area contributed by atoms with E-state index in [1.807, 2.05) is 0 Å². The van der Waals surface area contributed by atoms with E-state index in [2.05, 4.69) is 70.0 Å². The van der Waals surface area contributed by atoms with Crippen LogP contribution in [0.1, 0.15) is 110 Å². The Labute approximate surface area is 239 Å². The van der Waals surface area contributed by atoms with Crippen LogP contribution in [0.5, 0.6) is 0 Å². The maximum Gasteiger partial charge on any atom is 0.347 e. The highest BCUT2D eigenvalue weighted by Gasteiger charge is 2.48. The maximum atomic E-state index is 11.2. The molecule has 0 bridgehead atoms. The fraction of sp³-hybridized carbons (Fsp3) is 0.667. The highest BCUT2D eigenvalue weighted by atomic mass is 35.5. The van der Waals surface area contributed by atoms with Gasteiger partial charge in [0, 0.05) is 11.3 Å². The lowest BCUT2D eigenvalue weighted by Gasteiger charge is -2.40. The number of carboxylic acid groups (broad SMARTS) is 1. The lowest BCUT2D eigenvalue weighted by atomic mass is 9.84. The number of carboxylic acids is 1. The van der Waals surface area contributed by atoms with Crippen molar-refractivity contribution in [2.45, 2.75) is 121 Å². The molecule has 1 aromatic carbocycles. The van der Waals surface area contributed by atoms with Crippen LogP contribution in [0.4, 0.5) is 0 Å². The van der Waals surface area contributed by atoms with Gasteiger partial charge >= 0.3 is 5.97 Å². The highest BCUT2D eigenvalue weighted by molar-refractivity contribution is 7.13. The molecule has 2 N–H and O–H groups in total. The standard InChI is InChI=1S/C30H46ClNO4SSi/c1-7-8-9-12-24(33)20-14-16-21(17-15-20)28-22(11-10-13-27-32-19-26(37-27)29(34)35)23(31)18-25(28)36-38(5,6)30(2,3)4/h14-17,19,22-25,28,33H,7-13,18H2,1-6H3,(H,34,35)/t22-,23+,24?,25-,28?/m0/s1. The Hall–Kier alpha value is -1.25. The van der Waals surface area contributed by atoms with E-state index in [4.69, 9.17) is 16.0 Å². The van der Waals surface area contributed by atoms with E-state index in [0.717, 1.165) is 61.9 Å². The first-order chi connectivity index (χ1) is 17.8. The van der Waals surface area contributed by atoms with Crippen LogP contribution in [-0.4, -0.2) is 41.0 Å². The first-order valence-corrected chi connectivity index (χ1v) is 18.3. The molecule has 1 aromatic heterocycles. The molecule has 0 amide bonds. The number of benzene rings is 1. The van der Waals surface area contributed by atoms with Crippen LogP contribution >= 0.6 is 22.9 Å². The maximum absolute atomic E-state index is 11.2. The van der Waals surface area contributed by atoms with E-state index in [-0.39, 0.29) is 33.2 Å². The van der Waals surface area contributed by atoms with Crippen LogP contribution in [0.15, 0.2) is 30.5 Å². The zero-order valence-corrected chi connectivity index (χ0v) is 26.4. The number of nitrogens with zero attached hydrogens (tertiary/aromatic N) is 1. The quantitative estimate of drug-likeness (QED) is 0.141. The lowest BCUT2D eigenvalue weighted by molar-refractivity contribution is 0.0702. The largest absolute Gasteiger partial charge is 0.477 e. The number of halogens is 1. The first-order valence-electron chi connectivity index (χ1n) is 14.1. The molecule has 2 unspecified atom stereocenters. The number of aliphatic hydroxyl groups is 1. The predicted octanol–water partition coefficient (Wildman–Crippen LogP) is 8.58. The summed E-state index contributed by atoms with van der Waals surface area (Å²) in [4.78, 5) is 15.8. The van der Waals surface area contributed by atoms with E-state index in [9.17, 15) is 15.0 Å². The van der Waals surface area contributed by atoms with Crippen LogP contribution in [0.2, 0.25) is 18.1 Å². The molecule has 0 saturated heterocycles. The second-order valence-electron chi connectivity index (χ2n) is 12.4. The number of alkyl halides is 1. The Morgan fingerprint density at radius 1 is 1.21 bits per heavy atom. The van der Waals surface area contributed by atoms with Gasteiger partial charge in [-0.25, -0.2) is 9.78 Å². The summed E-state index contributed by atoms with van der Waals surface area (Å²) in [7, 11) is -2.01. The molecular weight excluding hydrogens is 534 g/mol. The Bertz CT molecular complexity index is 1040. The minimum atomic E-state index is -2.01. The van der Waals surface area contributed by atoms with E-state index >= 15 is 0 Å². The second-order valence-corrected chi connectivity index (χ2v) is 18.8. The summed E-state index contributed by atoms with van der Waals surface area (Å²) in [6, 6.07) is 8.51. The number of aromatic carboxylic acids is 1. The Morgan fingerprint density at radius 3 is 2.47 bits per heavy atom. The summed E-state index contributed by atoms with van der Waals surface area (Å²) >= 11 is 8.30. The van der Waals surface area contributed by atoms with Crippen molar-refractivity contribution in [3.8, 4) is 0 Å². The summed E-state index contributed by atoms with van der Waals surface area (Å²) in [6.07, 6.45) is 8.60. The zero-order chi connectivity index (χ0) is 28.1. The van der Waals surface area contributed by atoms with Crippen molar-refractivity contribution in [2.24, 2.45) is 5.92 Å². The van der Waals surface area contributed by atoms with Gasteiger partial charge in [0.05, 0.1) is 23.4 Å². The van der Waals surface area contributed by atoms with Crippen LogP contribution in [0, 0.1) is 5.92 Å². The van der Waals surface area contributed by atoms with Gasteiger partial charge in [-0.05, 0) is 67.3 Å². The van der Waals surface area contributed by atoms with Gasteiger partial charge in [-0.1, -0.05) is 71.2 Å². The number of rotatable bonds is 13. The van der Waals surface area contributed by atoms with Gasteiger partial charge in [0.15, 0.2) is 8.32 Å². The van der Waals surface area contributed by atoms with Crippen LogP contribution in [-0.2, 0) is 10.8 Å². The number of carbonyl (C=O) groups is 1. The molecule has 1 fully saturated rings. The fourth-order valence-electron chi connectivity index (χ4n) is 5.25. The van der Waals surface area contributed by atoms with Crippen molar-refractivity contribution in [3.63, 3.8) is 0 Å². The van der Waals surface area contributed by atoms with Gasteiger partial charge in [0.1, 0.15) is 4.88 Å². The van der Waals surface area contributed by atoms with Crippen molar-refractivity contribution < 1.29 is 19.4 Å². The third-order valence-corrected chi connectivity index (χ3v) is 14.6. The van der Waals surface area contributed by atoms with Gasteiger partial charge < -0.3 is 14.6 Å². The summed E-state index contributed by atoms with van der Waals surface area (Å²) in [5, 5.41) is 20.9. The molecule has 1 aliphatic rings. The molecule has 0 spiro atoms. The number of hydrogen-bond acceptors (Lipinski definition) is 5. The van der Waals surface area contributed by atoms with Gasteiger partial charge in [-0.3, -0.25) is 0 Å². The molecule has 2 aromatic rings. The van der Waals surface area contributed by atoms with Crippen LogP contribution in [0.3, 0.4) is 0 Å². The SMILES string of the molecule is CCCCCC(O)c1ccc(C2[C@@H](O[Si](C)(C)C(C)(C)C)C[C@@H](Cl)[C@@H]2CCCc2ncc(C(=O)O)s2)cc1. The number of aryl methyl sites for hydroxylation is 1. The molecule has 38 heavy (non-hydrogen) atoms. The van der Waals surface area contributed by atoms with Crippen molar-refractivity contribution in [3.05, 3.63) is 51.5 Å². The van der Waals surface area contributed by atoms with Gasteiger partial charge in [-0.2, -0.15) is 0 Å². The summed E-state index contributed by atoms with van der Waals surface area (Å²) < 4.78 is 7.00. The van der Waals surface area contributed by atoms with E-state index in [1.165, 1.54) is 23.1 Å². The smallest absolute Gasteiger partial charge is 0.347 e.